The fourth-order valence-corrected chi connectivity index (χ4v) is 4.91. The smallest absolute Gasteiger partial charge is 0.258 e. The van der Waals surface area contributed by atoms with Crippen molar-refractivity contribution in [2.75, 3.05) is 0 Å². The molecule has 6 rings (SSSR count). The first-order valence-electron chi connectivity index (χ1n) is 10.0. The van der Waals surface area contributed by atoms with Crippen LogP contribution >= 0.6 is 0 Å². The van der Waals surface area contributed by atoms with Crippen molar-refractivity contribution in [3.05, 3.63) is 112 Å². The molecular weight excluding hydrogens is 370 g/mol. The minimum atomic E-state index is -0.242. The first kappa shape index (κ1) is 16.9. The Hall–Kier alpha value is -3.98. The third-order valence-corrected chi connectivity index (χ3v) is 6.17. The van der Waals surface area contributed by atoms with E-state index in [9.17, 15) is 10.1 Å². The van der Waals surface area contributed by atoms with Gasteiger partial charge < -0.3 is 0 Å². The molecule has 0 heterocycles. The summed E-state index contributed by atoms with van der Waals surface area (Å²) in [4.78, 5) is 11.9. The number of hydrogen-bond donors (Lipinski definition) is 0. The van der Waals surface area contributed by atoms with Gasteiger partial charge in [0.2, 0.25) is 0 Å². The number of benzene rings is 5. The lowest BCUT2D eigenvalue weighted by Crippen LogP contribution is -1.96. The van der Waals surface area contributed by atoms with Crippen LogP contribution in [-0.4, -0.2) is 4.92 Å². The lowest BCUT2D eigenvalue weighted by atomic mass is 9.89. The maximum atomic E-state index is 12.2. The normalized spacial score (nSPS) is 12.1. The largest absolute Gasteiger partial charge is 0.284 e. The average molecular weight is 387 g/mol. The molecule has 0 fully saturated rings. The van der Waals surface area contributed by atoms with Gasteiger partial charge in [0.1, 0.15) is 0 Å². The number of nitro benzene ring substituents is 1. The topological polar surface area (TPSA) is 43.1 Å². The predicted molar refractivity (Wildman–Crippen MR) is 122 cm³/mol. The maximum Gasteiger partial charge on any atom is 0.284 e. The summed E-state index contributed by atoms with van der Waals surface area (Å²) in [6.07, 6.45) is 0.852. The van der Waals surface area contributed by atoms with Gasteiger partial charge in [-0.25, -0.2) is 0 Å². The van der Waals surface area contributed by atoms with E-state index in [-0.39, 0.29) is 10.6 Å². The molecule has 1 aliphatic carbocycles. The molecule has 142 valence electrons. The van der Waals surface area contributed by atoms with Crippen molar-refractivity contribution < 1.29 is 4.92 Å². The molecule has 0 atom stereocenters. The van der Waals surface area contributed by atoms with Crippen LogP contribution in [0.15, 0.2) is 91.0 Å². The first-order valence-corrected chi connectivity index (χ1v) is 10.0. The van der Waals surface area contributed by atoms with Gasteiger partial charge in [0, 0.05) is 0 Å². The molecule has 5 aromatic rings. The molecule has 0 amide bonds. The highest BCUT2D eigenvalue weighted by atomic mass is 16.6. The molecule has 3 nitrogen and oxygen atoms in total. The average Bonchev–Trinajstić information content (AvgIpc) is 3.16. The lowest BCUT2D eigenvalue weighted by molar-refractivity contribution is -0.382. The van der Waals surface area contributed by atoms with Crippen LogP contribution in [0.3, 0.4) is 0 Å². The van der Waals surface area contributed by atoms with Gasteiger partial charge in [-0.1, -0.05) is 72.8 Å². The van der Waals surface area contributed by atoms with Crippen LogP contribution < -0.4 is 0 Å². The van der Waals surface area contributed by atoms with Crippen molar-refractivity contribution >= 4 is 27.2 Å². The van der Waals surface area contributed by atoms with Gasteiger partial charge in [-0.3, -0.25) is 10.1 Å². The monoisotopic (exact) mass is 387 g/mol. The van der Waals surface area contributed by atoms with Crippen LogP contribution in [0.1, 0.15) is 11.1 Å². The maximum absolute atomic E-state index is 12.2. The van der Waals surface area contributed by atoms with E-state index in [0.29, 0.717) is 10.9 Å². The SMILES string of the molecule is O=[N+]([O-])c1c(-c2cc3c(c4ccccc24)-c2ccccc2C3)ccc2ccccc12. The van der Waals surface area contributed by atoms with Crippen LogP contribution in [0, 0.1) is 10.1 Å². The molecule has 3 heteroatoms. The Kier molecular flexibility index (Phi) is 3.53. The number of hydrogen-bond acceptors (Lipinski definition) is 2. The Morgan fingerprint density at radius 2 is 1.33 bits per heavy atom. The van der Waals surface area contributed by atoms with E-state index in [0.717, 1.165) is 28.1 Å². The molecule has 0 saturated heterocycles. The summed E-state index contributed by atoms with van der Waals surface area (Å²) in [6, 6.07) is 30.3. The second kappa shape index (κ2) is 6.26. The summed E-state index contributed by atoms with van der Waals surface area (Å²) < 4.78 is 0. The van der Waals surface area contributed by atoms with E-state index in [2.05, 4.69) is 42.5 Å². The van der Waals surface area contributed by atoms with E-state index in [4.69, 9.17) is 0 Å². The zero-order chi connectivity index (χ0) is 20.2. The Balaban J connectivity index is 1.73. The van der Waals surface area contributed by atoms with Gasteiger partial charge in [-0.2, -0.15) is 0 Å². The molecule has 0 saturated carbocycles. The van der Waals surface area contributed by atoms with Gasteiger partial charge in [0.25, 0.3) is 5.69 Å². The van der Waals surface area contributed by atoms with Gasteiger partial charge in [-0.05, 0) is 68.6 Å². The summed E-state index contributed by atoms with van der Waals surface area (Å²) in [7, 11) is 0. The number of rotatable bonds is 2. The number of nitrogens with zero attached hydrogens (tertiary/aromatic N) is 1. The quantitative estimate of drug-likeness (QED) is 0.234. The molecule has 30 heavy (non-hydrogen) atoms. The number of fused-ring (bicyclic) bond motifs is 6. The molecular formula is C27H17NO2. The minimum absolute atomic E-state index is 0.175. The van der Waals surface area contributed by atoms with Gasteiger partial charge in [0.05, 0.1) is 15.9 Å². The van der Waals surface area contributed by atoms with E-state index in [1.165, 1.54) is 22.3 Å². The fraction of sp³-hybridized carbons (Fsp3) is 0.0370. The summed E-state index contributed by atoms with van der Waals surface area (Å²) >= 11 is 0. The van der Waals surface area contributed by atoms with E-state index >= 15 is 0 Å². The zero-order valence-corrected chi connectivity index (χ0v) is 16.1. The molecule has 1 aliphatic rings. The van der Waals surface area contributed by atoms with Crippen molar-refractivity contribution in [3.63, 3.8) is 0 Å². The molecule has 0 radical (unpaired) electrons. The Bertz CT molecular complexity index is 1500. The summed E-state index contributed by atoms with van der Waals surface area (Å²) in [5.41, 5.74) is 6.84. The van der Waals surface area contributed by atoms with Crippen LogP contribution in [0.25, 0.3) is 43.8 Å². The van der Waals surface area contributed by atoms with Gasteiger partial charge in [-0.15, -0.1) is 0 Å². The standard InChI is InChI=1S/C27H17NO2/c29-28(30)27-21-10-4-1-7-17(21)13-14-24(27)25-16-19-15-18-8-2-3-9-20(18)26(19)23-12-6-5-11-22(23)25/h1-14,16H,15H2. The molecule has 5 aromatic carbocycles. The zero-order valence-electron chi connectivity index (χ0n) is 16.1. The molecule has 0 bridgehead atoms. The highest BCUT2D eigenvalue weighted by Gasteiger charge is 2.26. The van der Waals surface area contributed by atoms with Gasteiger partial charge in [0.15, 0.2) is 0 Å². The van der Waals surface area contributed by atoms with Crippen molar-refractivity contribution in [2.45, 2.75) is 6.42 Å². The van der Waals surface area contributed by atoms with Crippen molar-refractivity contribution in [1.82, 2.24) is 0 Å². The minimum Gasteiger partial charge on any atom is -0.258 e. The molecule has 0 aliphatic heterocycles. The lowest BCUT2D eigenvalue weighted by Gasteiger charge is -2.14. The van der Waals surface area contributed by atoms with Gasteiger partial charge >= 0.3 is 0 Å². The second-order valence-corrected chi connectivity index (χ2v) is 7.78. The highest BCUT2D eigenvalue weighted by molar-refractivity contribution is 6.11. The van der Waals surface area contributed by atoms with E-state index < -0.39 is 0 Å². The summed E-state index contributed by atoms with van der Waals surface area (Å²) in [5, 5.41) is 15.9. The van der Waals surface area contributed by atoms with Crippen molar-refractivity contribution in [1.29, 1.82) is 0 Å². The fourth-order valence-electron chi connectivity index (χ4n) is 4.91. The second-order valence-electron chi connectivity index (χ2n) is 7.78. The van der Waals surface area contributed by atoms with Crippen molar-refractivity contribution in [2.24, 2.45) is 0 Å². The number of nitro groups is 1. The molecule has 0 unspecified atom stereocenters. The van der Waals surface area contributed by atoms with Crippen LogP contribution in [0.4, 0.5) is 5.69 Å². The van der Waals surface area contributed by atoms with E-state index in [1.807, 2.05) is 48.5 Å². The van der Waals surface area contributed by atoms with Crippen LogP contribution in [-0.2, 0) is 6.42 Å². The van der Waals surface area contributed by atoms with E-state index in [1.54, 1.807) is 0 Å². The van der Waals surface area contributed by atoms with Crippen LogP contribution in [0.2, 0.25) is 0 Å². The molecule has 0 aromatic heterocycles. The summed E-state index contributed by atoms with van der Waals surface area (Å²) in [6.45, 7) is 0. The van der Waals surface area contributed by atoms with Crippen LogP contribution in [0.5, 0.6) is 0 Å². The predicted octanol–water partition coefficient (Wildman–Crippen LogP) is 7.14. The third-order valence-electron chi connectivity index (χ3n) is 6.17. The molecule has 0 spiro atoms. The van der Waals surface area contributed by atoms with Crippen molar-refractivity contribution in [3.8, 4) is 22.3 Å². The Labute approximate surface area is 173 Å². The summed E-state index contributed by atoms with van der Waals surface area (Å²) in [5.74, 6) is 0. The highest BCUT2D eigenvalue weighted by Crippen LogP contribution is 2.47. The Morgan fingerprint density at radius 1 is 0.633 bits per heavy atom. The third kappa shape index (κ3) is 2.32. The molecule has 0 N–H and O–H groups in total. The Morgan fingerprint density at radius 3 is 2.17 bits per heavy atom. The first-order chi connectivity index (χ1) is 14.7.